The number of hydrogen-bond acceptors (Lipinski definition) is 4. The number of nitrogens with zero attached hydrogens (tertiary/aromatic N) is 1. The topological polar surface area (TPSA) is 87.7 Å². The molecule has 0 saturated heterocycles. The van der Waals surface area contributed by atoms with Crippen molar-refractivity contribution in [3.05, 3.63) is 47.5 Å². The monoisotopic (exact) mass is 417 g/mol. The lowest BCUT2D eigenvalue weighted by Gasteiger charge is -2.33. The SMILES string of the molecule is C=CCN(C(=O)CNC(=O)OC(C)(C)C)C(C(=O)NC(C)C)c1c(C)cccc1C. The van der Waals surface area contributed by atoms with Gasteiger partial charge in [-0.2, -0.15) is 0 Å². The van der Waals surface area contributed by atoms with E-state index in [0.717, 1.165) is 16.7 Å². The van der Waals surface area contributed by atoms with Gasteiger partial charge < -0.3 is 20.3 Å². The molecular formula is C23H35N3O4. The van der Waals surface area contributed by atoms with E-state index < -0.39 is 23.6 Å². The van der Waals surface area contributed by atoms with Gasteiger partial charge in [-0.3, -0.25) is 9.59 Å². The van der Waals surface area contributed by atoms with Crippen LogP contribution in [-0.2, 0) is 14.3 Å². The maximum atomic E-state index is 13.2. The largest absolute Gasteiger partial charge is 0.444 e. The molecular weight excluding hydrogens is 382 g/mol. The van der Waals surface area contributed by atoms with E-state index in [1.165, 1.54) is 4.90 Å². The fraction of sp³-hybridized carbons (Fsp3) is 0.522. The molecule has 0 radical (unpaired) electrons. The van der Waals surface area contributed by atoms with E-state index in [1.807, 2.05) is 45.9 Å². The highest BCUT2D eigenvalue weighted by Crippen LogP contribution is 2.28. The first kappa shape index (κ1) is 25.2. The maximum Gasteiger partial charge on any atom is 0.408 e. The normalized spacial score (nSPS) is 12.1. The molecule has 7 heteroatoms. The first-order valence-electron chi connectivity index (χ1n) is 10.1. The quantitative estimate of drug-likeness (QED) is 0.635. The summed E-state index contributed by atoms with van der Waals surface area (Å²) in [7, 11) is 0. The van der Waals surface area contributed by atoms with Crippen LogP contribution in [0.15, 0.2) is 30.9 Å². The molecule has 0 aromatic heterocycles. The molecule has 0 bridgehead atoms. The lowest BCUT2D eigenvalue weighted by Crippen LogP contribution is -2.49. The summed E-state index contributed by atoms with van der Waals surface area (Å²) in [5, 5.41) is 5.38. The lowest BCUT2D eigenvalue weighted by atomic mass is 9.94. The van der Waals surface area contributed by atoms with Crippen molar-refractivity contribution >= 4 is 17.9 Å². The Morgan fingerprint density at radius 3 is 2.20 bits per heavy atom. The predicted molar refractivity (Wildman–Crippen MR) is 118 cm³/mol. The molecule has 1 aromatic rings. The van der Waals surface area contributed by atoms with E-state index in [2.05, 4.69) is 17.2 Å². The van der Waals surface area contributed by atoms with Crippen molar-refractivity contribution in [2.45, 2.75) is 66.2 Å². The van der Waals surface area contributed by atoms with Gasteiger partial charge in [0, 0.05) is 12.6 Å². The fourth-order valence-electron chi connectivity index (χ4n) is 3.10. The van der Waals surface area contributed by atoms with Gasteiger partial charge in [0.15, 0.2) is 0 Å². The average molecular weight is 418 g/mol. The summed E-state index contributed by atoms with van der Waals surface area (Å²) in [6.45, 7) is 16.4. The Bertz CT molecular complexity index is 761. The average Bonchev–Trinajstić information content (AvgIpc) is 2.59. The van der Waals surface area contributed by atoms with E-state index in [9.17, 15) is 14.4 Å². The minimum absolute atomic E-state index is 0.0927. The van der Waals surface area contributed by atoms with Gasteiger partial charge in [-0.15, -0.1) is 6.58 Å². The van der Waals surface area contributed by atoms with E-state index >= 15 is 0 Å². The number of hydrogen-bond donors (Lipinski definition) is 2. The molecule has 0 spiro atoms. The Hall–Kier alpha value is -2.83. The van der Waals surface area contributed by atoms with Crippen LogP contribution in [0.3, 0.4) is 0 Å². The summed E-state index contributed by atoms with van der Waals surface area (Å²) in [6, 6.07) is 4.79. The number of ether oxygens (including phenoxy) is 1. The number of amides is 3. The minimum atomic E-state index is -0.848. The highest BCUT2D eigenvalue weighted by atomic mass is 16.6. The van der Waals surface area contributed by atoms with Crippen LogP contribution in [0.25, 0.3) is 0 Å². The standard InChI is InChI=1S/C23H35N3O4/c1-9-13-26(18(27)14-24-22(29)30-23(6,7)8)20(21(28)25-15(2)3)19-16(4)11-10-12-17(19)5/h9-12,15,20H,1,13-14H2,2-8H3,(H,24,29)(H,25,28). The number of nitrogens with one attached hydrogen (secondary N) is 2. The van der Waals surface area contributed by atoms with E-state index in [1.54, 1.807) is 26.8 Å². The number of rotatable bonds is 8. The molecule has 0 aliphatic rings. The summed E-state index contributed by atoms with van der Waals surface area (Å²) in [5.41, 5.74) is 1.90. The van der Waals surface area contributed by atoms with Crippen molar-refractivity contribution in [2.24, 2.45) is 0 Å². The van der Waals surface area contributed by atoms with Gasteiger partial charge in [0.25, 0.3) is 0 Å². The van der Waals surface area contributed by atoms with Crippen LogP contribution < -0.4 is 10.6 Å². The molecule has 30 heavy (non-hydrogen) atoms. The summed E-state index contributed by atoms with van der Waals surface area (Å²) in [6.07, 6.45) is 0.874. The zero-order valence-corrected chi connectivity index (χ0v) is 19.2. The molecule has 2 N–H and O–H groups in total. The zero-order valence-electron chi connectivity index (χ0n) is 19.2. The molecule has 166 valence electrons. The molecule has 0 saturated carbocycles. The van der Waals surface area contributed by atoms with Crippen LogP contribution in [0.4, 0.5) is 4.79 Å². The van der Waals surface area contributed by atoms with Crippen LogP contribution in [0.5, 0.6) is 0 Å². The van der Waals surface area contributed by atoms with Gasteiger partial charge in [-0.25, -0.2) is 4.79 Å². The van der Waals surface area contributed by atoms with Crippen LogP contribution in [0, 0.1) is 13.8 Å². The highest BCUT2D eigenvalue weighted by molar-refractivity contribution is 5.91. The Labute approximate surface area is 179 Å². The van der Waals surface area contributed by atoms with Crippen LogP contribution in [-0.4, -0.2) is 47.5 Å². The number of carbonyl (C=O) groups is 3. The summed E-state index contributed by atoms with van der Waals surface area (Å²) in [5.74, 6) is -0.692. The third-order valence-electron chi connectivity index (χ3n) is 4.24. The highest BCUT2D eigenvalue weighted by Gasteiger charge is 2.33. The van der Waals surface area contributed by atoms with E-state index in [0.29, 0.717) is 0 Å². The van der Waals surface area contributed by atoms with Gasteiger partial charge >= 0.3 is 6.09 Å². The van der Waals surface area contributed by atoms with E-state index in [4.69, 9.17) is 4.74 Å². The first-order chi connectivity index (χ1) is 13.9. The first-order valence-corrected chi connectivity index (χ1v) is 10.1. The van der Waals surface area contributed by atoms with Crippen LogP contribution in [0.1, 0.15) is 57.4 Å². The van der Waals surface area contributed by atoms with Crippen molar-refractivity contribution in [3.8, 4) is 0 Å². The molecule has 1 aromatic carbocycles. The second-order valence-corrected chi connectivity index (χ2v) is 8.56. The molecule has 0 aliphatic heterocycles. The Morgan fingerprint density at radius 2 is 1.73 bits per heavy atom. The molecule has 7 nitrogen and oxygen atoms in total. The number of carbonyl (C=O) groups excluding carboxylic acids is 3. The molecule has 1 unspecified atom stereocenters. The smallest absolute Gasteiger partial charge is 0.408 e. The second kappa shape index (κ2) is 10.8. The number of aryl methyl sites for hydroxylation is 2. The van der Waals surface area contributed by atoms with Gasteiger partial charge in [-0.1, -0.05) is 24.3 Å². The van der Waals surface area contributed by atoms with Crippen LogP contribution in [0.2, 0.25) is 0 Å². The maximum absolute atomic E-state index is 13.2. The number of alkyl carbamates (subject to hydrolysis) is 1. The van der Waals surface area contributed by atoms with Crippen molar-refractivity contribution < 1.29 is 19.1 Å². The third kappa shape index (κ3) is 7.54. The fourth-order valence-corrected chi connectivity index (χ4v) is 3.10. The molecule has 0 heterocycles. The number of benzene rings is 1. The summed E-state index contributed by atoms with van der Waals surface area (Å²) in [4.78, 5) is 39.6. The van der Waals surface area contributed by atoms with Gasteiger partial charge in [0.05, 0.1) is 0 Å². The Morgan fingerprint density at radius 1 is 1.17 bits per heavy atom. The van der Waals surface area contributed by atoms with E-state index in [-0.39, 0.29) is 25.0 Å². The molecule has 3 amide bonds. The minimum Gasteiger partial charge on any atom is -0.444 e. The van der Waals surface area contributed by atoms with Crippen molar-refractivity contribution in [1.82, 2.24) is 15.5 Å². The van der Waals surface area contributed by atoms with Crippen molar-refractivity contribution in [1.29, 1.82) is 0 Å². The predicted octanol–water partition coefficient (Wildman–Crippen LogP) is 3.41. The molecule has 0 aliphatic carbocycles. The van der Waals surface area contributed by atoms with Crippen LogP contribution >= 0.6 is 0 Å². The Balaban J connectivity index is 3.24. The lowest BCUT2D eigenvalue weighted by molar-refractivity contribution is -0.139. The molecule has 0 fully saturated rings. The molecule has 1 rings (SSSR count). The Kier molecular flexibility index (Phi) is 9.08. The third-order valence-corrected chi connectivity index (χ3v) is 4.24. The molecule has 1 atom stereocenters. The summed E-state index contributed by atoms with van der Waals surface area (Å²) >= 11 is 0. The van der Waals surface area contributed by atoms with Gasteiger partial charge in [0.2, 0.25) is 11.8 Å². The van der Waals surface area contributed by atoms with Gasteiger partial charge in [-0.05, 0) is 65.2 Å². The van der Waals surface area contributed by atoms with Gasteiger partial charge in [0.1, 0.15) is 18.2 Å². The van der Waals surface area contributed by atoms with Crippen molar-refractivity contribution in [2.75, 3.05) is 13.1 Å². The zero-order chi connectivity index (χ0) is 23.1. The second-order valence-electron chi connectivity index (χ2n) is 8.56. The summed E-state index contributed by atoms with van der Waals surface area (Å²) < 4.78 is 5.19. The van der Waals surface area contributed by atoms with Crippen molar-refractivity contribution in [3.63, 3.8) is 0 Å².